The van der Waals surface area contributed by atoms with Gasteiger partial charge in [-0.1, -0.05) is 12.2 Å². The summed E-state index contributed by atoms with van der Waals surface area (Å²) in [6.45, 7) is 2.09. The summed E-state index contributed by atoms with van der Waals surface area (Å²) in [7, 11) is 0. The number of aromatic nitrogens is 1. The first kappa shape index (κ1) is 12.0. The van der Waals surface area contributed by atoms with Crippen LogP contribution < -0.4 is 5.56 Å². The fourth-order valence-corrected chi connectivity index (χ4v) is 1.10. The standard InChI is InChI=1S/C11H13NO4/c1-2-16-10(14)5-3-4-8-6-9(13)11(15)12-7-8/h3-4,6-7,13H,2,5H2,1H3,(H,12,15). The van der Waals surface area contributed by atoms with E-state index in [-0.39, 0.29) is 18.1 Å². The van der Waals surface area contributed by atoms with Crippen LogP contribution in [0.1, 0.15) is 18.9 Å². The maximum Gasteiger partial charge on any atom is 0.309 e. The molecule has 0 aromatic carbocycles. The molecule has 86 valence electrons. The maximum atomic E-state index is 11.0. The van der Waals surface area contributed by atoms with E-state index in [2.05, 4.69) is 4.98 Å². The maximum absolute atomic E-state index is 11.0. The Hall–Kier alpha value is -2.04. The molecule has 0 atom stereocenters. The zero-order valence-corrected chi connectivity index (χ0v) is 8.90. The number of rotatable bonds is 4. The van der Waals surface area contributed by atoms with Crippen LogP contribution in [-0.4, -0.2) is 22.7 Å². The Balaban J connectivity index is 2.59. The van der Waals surface area contributed by atoms with E-state index in [9.17, 15) is 9.59 Å². The average molecular weight is 223 g/mol. The quantitative estimate of drug-likeness (QED) is 0.747. The van der Waals surface area contributed by atoms with Crippen LogP contribution in [0.5, 0.6) is 5.75 Å². The Labute approximate surface area is 92.4 Å². The third kappa shape index (κ3) is 3.61. The van der Waals surface area contributed by atoms with Gasteiger partial charge < -0.3 is 14.8 Å². The normalized spacial score (nSPS) is 10.6. The molecule has 0 aliphatic rings. The molecule has 1 heterocycles. The van der Waals surface area contributed by atoms with E-state index in [1.165, 1.54) is 12.3 Å². The minimum atomic E-state index is -0.539. The molecule has 5 heteroatoms. The van der Waals surface area contributed by atoms with Gasteiger partial charge in [-0.3, -0.25) is 9.59 Å². The van der Waals surface area contributed by atoms with Gasteiger partial charge in [0.05, 0.1) is 13.0 Å². The summed E-state index contributed by atoms with van der Waals surface area (Å²) >= 11 is 0. The highest BCUT2D eigenvalue weighted by Crippen LogP contribution is 2.06. The summed E-state index contributed by atoms with van der Waals surface area (Å²) in [5, 5.41) is 9.12. The van der Waals surface area contributed by atoms with E-state index in [0.29, 0.717) is 12.2 Å². The van der Waals surface area contributed by atoms with E-state index < -0.39 is 5.56 Å². The minimum absolute atomic E-state index is 0.160. The highest BCUT2D eigenvalue weighted by atomic mass is 16.5. The monoisotopic (exact) mass is 223 g/mol. The van der Waals surface area contributed by atoms with Crippen molar-refractivity contribution < 1.29 is 14.6 Å². The van der Waals surface area contributed by atoms with Gasteiger partial charge >= 0.3 is 5.97 Å². The molecule has 0 bridgehead atoms. The zero-order valence-electron chi connectivity index (χ0n) is 8.90. The first-order valence-corrected chi connectivity index (χ1v) is 4.87. The number of nitrogens with one attached hydrogen (secondary N) is 1. The van der Waals surface area contributed by atoms with Crippen molar-refractivity contribution in [2.45, 2.75) is 13.3 Å². The van der Waals surface area contributed by atoms with Gasteiger partial charge in [-0.05, 0) is 18.6 Å². The van der Waals surface area contributed by atoms with Crippen LogP contribution in [0.4, 0.5) is 0 Å². The Morgan fingerprint density at radius 3 is 3.00 bits per heavy atom. The topological polar surface area (TPSA) is 79.4 Å². The van der Waals surface area contributed by atoms with Crippen molar-refractivity contribution in [1.29, 1.82) is 0 Å². The van der Waals surface area contributed by atoms with Crippen molar-refractivity contribution in [3.63, 3.8) is 0 Å². The number of carbonyl (C=O) groups is 1. The number of pyridine rings is 1. The number of H-pyrrole nitrogens is 1. The lowest BCUT2D eigenvalue weighted by molar-refractivity contribution is -0.142. The molecule has 1 rings (SSSR count). The van der Waals surface area contributed by atoms with Crippen molar-refractivity contribution in [1.82, 2.24) is 4.98 Å². The summed E-state index contributed by atoms with van der Waals surface area (Å²) < 4.78 is 4.73. The predicted octanol–water partition coefficient (Wildman–Crippen LogP) is 1.05. The second kappa shape index (κ2) is 5.75. The van der Waals surface area contributed by atoms with Gasteiger partial charge in [0.1, 0.15) is 0 Å². The lowest BCUT2D eigenvalue weighted by Gasteiger charge is -1.97. The van der Waals surface area contributed by atoms with Crippen LogP contribution in [0.15, 0.2) is 23.1 Å². The third-order valence-corrected chi connectivity index (χ3v) is 1.81. The summed E-state index contributed by atoms with van der Waals surface area (Å²) in [5.74, 6) is -0.661. The van der Waals surface area contributed by atoms with Crippen LogP contribution >= 0.6 is 0 Å². The summed E-state index contributed by atoms with van der Waals surface area (Å²) in [6, 6.07) is 1.32. The number of ether oxygens (including phenoxy) is 1. The van der Waals surface area contributed by atoms with Gasteiger partial charge in [0.15, 0.2) is 5.75 Å². The molecule has 0 aliphatic heterocycles. The van der Waals surface area contributed by atoms with Gasteiger partial charge in [-0.2, -0.15) is 0 Å². The molecular formula is C11H13NO4. The summed E-state index contributed by atoms with van der Waals surface area (Å²) in [4.78, 5) is 24.2. The molecule has 0 aliphatic carbocycles. The van der Waals surface area contributed by atoms with Gasteiger partial charge in [-0.15, -0.1) is 0 Å². The lowest BCUT2D eigenvalue weighted by Crippen LogP contribution is -2.03. The molecule has 0 spiro atoms. The summed E-state index contributed by atoms with van der Waals surface area (Å²) in [5.41, 5.74) is 0.0731. The Bertz CT molecular complexity index is 448. The zero-order chi connectivity index (χ0) is 12.0. The van der Waals surface area contributed by atoms with E-state index in [1.54, 1.807) is 19.1 Å². The third-order valence-electron chi connectivity index (χ3n) is 1.81. The van der Waals surface area contributed by atoms with Gasteiger partial charge in [0, 0.05) is 6.20 Å². The van der Waals surface area contributed by atoms with Gasteiger partial charge in [0.25, 0.3) is 5.56 Å². The van der Waals surface area contributed by atoms with E-state index >= 15 is 0 Å². The van der Waals surface area contributed by atoms with Crippen molar-refractivity contribution in [2.75, 3.05) is 6.61 Å². The van der Waals surface area contributed by atoms with Crippen LogP contribution in [0, 0.1) is 0 Å². The Morgan fingerprint density at radius 2 is 2.38 bits per heavy atom. The smallest absolute Gasteiger partial charge is 0.309 e. The fourth-order valence-electron chi connectivity index (χ4n) is 1.10. The summed E-state index contributed by atoms with van der Waals surface area (Å²) in [6.07, 6.45) is 4.83. The number of esters is 1. The molecule has 0 saturated heterocycles. The minimum Gasteiger partial charge on any atom is -0.503 e. The highest BCUT2D eigenvalue weighted by molar-refractivity contribution is 5.72. The fraction of sp³-hybridized carbons (Fsp3) is 0.273. The molecule has 2 N–H and O–H groups in total. The van der Waals surface area contributed by atoms with Crippen molar-refractivity contribution >= 4 is 12.0 Å². The molecule has 0 amide bonds. The predicted molar refractivity (Wildman–Crippen MR) is 59.0 cm³/mol. The van der Waals surface area contributed by atoms with Crippen LogP contribution in [0.25, 0.3) is 6.08 Å². The molecule has 16 heavy (non-hydrogen) atoms. The molecule has 1 aromatic rings. The second-order valence-electron chi connectivity index (χ2n) is 3.06. The largest absolute Gasteiger partial charge is 0.503 e. The van der Waals surface area contributed by atoms with Crippen molar-refractivity contribution in [3.8, 4) is 5.75 Å². The van der Waals surface area contributed by atoms with Crippen molar-refractivity contribution in [2.24, 2.45) is 0 Å². The molecule has 5 nitrogen and oxygen atoms in total. The SMILES string of the molecule is CCOC(=O)CC=Cc1c[nH]c(=O)c(O)c1. The lowest BCUT2D eigenvalue weighted by atomic mass is 10.2. The first-order chi connectivity index (χ1) is 7.63. The van der Waals surface area contributed by atoms with E-state index in [4.69, 9.17) is 9.84 Å². The molecule has 0 fully saturated rings. The van der Waals surface area contributed by atoms with Crippen molar-refractivity contribution in [3.05, 3.63) is 34.3 Å². The van der Waals surface area contributed by atoms with Crippen LogP contribution in [-0.2, 0) is 9.53 Å². The van der Waals surface area contributed by atoms with E-state index in [1.807, 2.05) is 0 Å². The average Bonchev–Trinajstić information content (AvgIpc) is 2.24. The molecule has 0 radical (unpaired) electrons. The number of carbonyl (C=O) groups excluding carboxylic acids is 1. The first-order valence-electron chi connectivity index (χ1n) is 4.87. The van der Waals surface area contributed by atoms with Crippen LogP contribution in [0.2, 0.25) is 0 Å². The number of aromatic hydroxyl groups is 1. The van der Waals surface area contributed by atoms with Gasteiger partial charge in [0.2, 0.25) is 0 Å². The Kier molecular flexibility index (Phi) is 4.32. The highest BCUT2D eigenvalue weighted by Gasteiger charge is 1.98. The molecule has 0 unspecified atom stereocenters. The van der Waals surface area contributed by atoms with Crippen LogP contribution in [0.3, 0.4) is 0 Å². The molecule has 0 saturated carbocycles. The molecular weight excluding hydrogens is 210 g/mol. The number of hydrogen-bond acceptors (Lipinski definition) is 4. The molecule has 1 aromatic heterocycles. The van der Waals surface area contributed by atoms with Gasteiger partial charge in [-0.25, -0.2) is 0 Å². The second-order valence-corrected chi connectivity index (χ2v) is 3.06. The Morgan fingerprint density at radius 1 is 1.62 bits per heavy atom. The number of aromatic amines is 1. The van der Waals surface area contributed by atoms with E-state index in [0.717, 1.165) is 0 Å². The number of hydrogen-bond donors (Lipinski definition) is 2.